The first-order valence-electron chi connectivity index (χ1n) is 11.7. The van der Waals surface area contributed by atoms with E-state index in [1.165, 1.54) is 12.1 Å². The Hall–Kier alpha value is -4.01. The van der Waals surface area contributed by atoms with Crippen molar-refractivity contribution in [2.45, 2.75) is 24.9 Å². The maximum atomic E-state index is 12.9. The quantitative estimate of drug-likeness (QED) is 0.355. The highest BCUT2D eigenvalue weighted by molar-refractivity contribution is 5.89. The summed E-state index contributed by atoms with van der Waals surface area (Å²) >= 11 is 0. The summed E-state index contributed by atoms with van der Waals surface area (Å²) in [4.78, 5) is 19.6. The molecule has 9 heteroatoms. The van der Waals surface area contributed by atoms with Gasteiger partial charge < -0.3 is 19.4 Å². The average Bonchev–Trinajstić information content (AvgIpc) is 3.28. The molecule has 1 N–H and O–H groups in total. The molecule has 1 saturated heterocycles. The molecule has 5 rings (SSSR count). The van der Waals surface area contributed by atoms with Crippen molar-refractivity contribution in [3.63, 3.8) is 0 Å². The predicted molar refractivity (Wildman–Crippen MR) is 131 cm³/mol. The maximum absolute atomic E-state index is 12.9. The molecular weight excluding hydrogens is 469 g/mol. The van der Waals surface area contributed by atoms with Crippen molar-refractivity contribution in [3.05, 3.63) is 84.3 Å². The minimum Gasteiger partial charge on any atom is -0.497 e. The van der Waals surface area contributed by atoms with Crippen molar-refractivity contribution >= 4 is 17.2 Å². The van der Waals surface area contributed by atoms with Crippen molar-refractivity contribution in [2.24, 2.45) is 0 Å². The first-order valence-corrected chi connectivity index (χ1v) is 11.7. The van der Waals surface area contributed by atoms with Gasteiger partial charge in [-0.3, -0.25) is 0 Å². The third kappa shape index (κ3) is 4.73. The second kappa shape index (κ2) is 9.56. The third-order valence-electron chi connectivity index (χ3n) is 6.46. The van der Waals surface area contributed by atoms with Crippen LogP contribution in [0.5, 0.6) is 5.75 Å². The van der Waals surface area contributed by atoms with Crippen molar-refractivity contribution < 1.29 is 22.7 Å². The minimum absolute atomic E-state index is 0.00589. The summed E-state index contributed by atoms with van der Waals surface area (Å²) in [6.45, 7) is 1.02. The van der Waals surface area contributed by atoms with E-state index in [0.717, 1.165) is 53.3 Å². The summed E-state index contributed by atoms with van der Waals surface area (Å²) < 4.78 is 45.9. The highest BCUT2D eigenvalue weighted by atomic mass is 19.4. The van der Waals surface area contributed by atoms with Gasteiger partial charge in [0, 0.05) is 36.5 Å². The van der Waals surface area contributed by atoms with Gasteiger partial charge in [-0.1, -0.05) is 18.2 Å². The van der Waals surface area contributed by atoms with Gasteiger partial charge in [0.1, 0.15) is 11.6 Å². The number of alkyl halides is 3. The zero-order chi connectivity index (χ0) is 25.3. The average molecular weight is 495 g/mol. The molecule has 0 radical (unpaired) electrons. The van der Waals surface area contributed by atoms with E-state index in [-0.39, 0.29) is 11.9 Å². The van der Waals surface area contributed by atoms with Crippen LogP contribution in [-0.4, -0.2) is 40.5 Å². The Labute approximate surface area is 206 Å². The normalized spacial score (nSPS) is 16.2. The van der Waals surface area contributed by atoms with Crippen molar-refractivity contribution in [2.75, 3.05) is 25.5 Å². The molecule has 2 aromatic carbocycles. The highest BCUT2D eigenvalue weighted by Crippen LogP contribution is 2.34. The van der Waals surface area contributed by atoms with Crippen molar-refractivity contribution in [1.29, 1.82) is 0 Å². The standard InChI is InChI=1S/C27H25F3N4O2/c1-36-22-8-4-6-18(16-22)24-23-9-2-3-15-34(23)25(32-24)19-7-5-14-33(17-19)26(35)31-21-12-10-20(11-13-21)27(28,29)30/h2-4,6,8-13,15-16,19H,5,7,14,17H2,1H3,(H,31,35)/t19-/m1/s1. The number of methoxy groups -OCH3 is 1. The maximum Gasteiger partial charge on any atom is 0.416 e. The van der Waals surface area contributed by atoms with Gasteiger partial charge in [-0.15, -0.1) is 0 Å². The topological polar surface area (TPSA) is 58.9 Å². The summed E-state index contributed by atoms with van der Waals surface area (Å²) in [6, 6.07) is 17.8. The fraction of sp³-hybridized carbons (Fsp3) is 0.259. The molecule has 3 heterocycles. The van der Waals surface area contributed by atoms with E-state index in [2.05, 4.69) is 9.72 Å². The van der Waals surface area contributed by atoms with Crippen LogP contribution in [0.25, 0.3) is 16.8 Å². The number of benzene rings is 2. The van der Waals surface area contributed by atoms with Gasteiger partial charge in [0.15, 0.2) is 0 Å². The molecule has 2 aromatic heterocycles. The second-order valence-electron chi connectivity index (χ2n) is 8.80. The van der Waals surface area contributed by atoms with Crippen LogP contribution in [-0.2, 0) is 6.18 Å². The van der Waals surface area contributed by atoms with Crippen LogP contribution in [0.4, 0.5) is 23.7 Å². The van der Waals surface area contributed by atoms with Crippen LogP contribution in [0.1, 0.15) is 30.1 Å². The number of carbonyl (C=O) groups is 1. The summed E-state index contributed by atoms with van der Waals surface area (Å²) in [6.07, 6.45) is -0.779. The third-order valence-corrected chi connectivity index (χ3v) is 6.46. The van der Waals surface area contributed by atoms with Gasteiger partial charge >= 0.3 is 12.2 Å². The minimum atomic E-state index is -4.42. The number of nitrogens with one attached hydrogen (secondary N) is 1. The Morgan fingerprint density at radius 2 is 1.89 bits per heavy atom. The van der Waals surface area contributed by atoms with E-state index in [1.807, 2.05) is 48.7 Å². The van der Waals surface area contributed by atoms with Crippen LogP contribution >= 0.6 is 0 Å². The largest absolute Gasteiger partial charge is 0.497 e. The number of rotatable bonds is 4. The number of hydrogen-bond donors (Lipinski definition) is 1. The summed E-state index contributed by atoms with van der Waals surface area (Å²) in [5.41, 5.74) is 2.32. The van der Waals surface area contributed by atoms with E-state index in [1.54, 1.807) is 12.0 Å². The molecule has 1 aliphatic heterocycles. The van der Waals surface area contributed by atoms with Gasteiger partial charge in [-0.05, 0) is 61.4 Å². The van der Waals surface area contributed by atoms with Gasteiger partial charge in [-0.25, -0.2) is 9.78 Å². The molecule has 0 unspecified atom stereocenters. The Bertz CT molecular complexity index is 1380. The fourth-order valence-corrected chi connectivity index (χ4v) is 4.65. The number of anilines is 1. The smallest absolute Gasteiger partial charge is 0.416 e. The van der Waals surface area contributed by atoms with Crippen LogP contribution in [0.2, 0.25) is 0 Å². The van der Waals surface area contributed by atoms with Crippen LogP contribution in [0, 0.1) is 0 Å². The monoisotopic (exact) mass is 494 g/mol. The van der Waals surface area contributed by atoms with E-state index in [4.69, 9.17) is 9.72 Å². The number of piperidine rings is 1. The number of aromatic nitrogens is 2. The Morgan fingerprint density at radius 3 is 2.64 bits per heavy atom. The number of pyridine rings is 1. The van der Waals surface area contributed by atoms with E-state index in [9.17, 15) is 18.0 Å². The lowest BCUT2D eigenvalue weighted by atomic mass is 9.97. The number of imidazole rings is 1. The molecule has 0 spiro atoms. The van der Waals surface area contributed by atoms with E-state index >= 15 is 0 Å². The molecule has 0 saturated carbocycles. The lowest BCUT2D eigenvalue weighted by molar-refractivity contribution is -0.137. The predicted octanol–water partition coefficient (Wildman–Crippen LogP) is 6.44. The van der Waals surface area contributed by atoms with Crippen molar-refractivity contribution in [3.8, 4) is 17.0 Å². The van der Waals surface area contributed by atoms with Crippen LogP contribution < -0.4 is 10.1 Å². The molecule has 1 aliphatic rings. The molecule has 36 heavy (non-hydrogen) atoms. The summed E-state index contributed by atoms with van der Waals surface area (Å²) in [5.74, 6) is 1.62. The lowest BCUT2D eigenvalue weighted by Gasteiger charge is -2.32. The molecule has 6 nitrogen and oxygen atoms in total. The van der Waals surface area contributed by atoms with Gasteiger partial charge in [0.25, 0.3) is 0 Å². The number of amides is 2. The zero-order valence-corrected chi connectivity index (χ0v) is 19.6. The number of halogens is 3. The molecule has 1 atom stereocenters. The SMILES string of the molecule is COc1cccc(-c2nc([C@@H]3CCCN(C(=O)Nc4ccc(C(F)(F)F)cc4)C3)n3ccccc23)c1. The second-order valence-corrected chi connectivity index (χ2v) is 8.80. The van der Waals surface area contributed by atoms with Gasteiger partial charge in [0.05, 0.1) is 23.9 Å². The molecule has 2 amide bonds. The van der Waals surface area contributed by atoms with Crippen LogP contribution in [0.15, 0.2) is 72.9 Å². The number of hydrogen-bond acceptors (Lipinski definition) is 3. The molecule has 0 aliphatic carbocycles. The van der Waals surface area contributed by atoms with E-state index in [0.29, 0.717) is 18.8 Å². The highest BCUT2D eigenvalue weighted by Gasteiger charge is 2.31. The Morgan fingerprint density at radius 1 is 1.08 bits per heavy atom. The summed E-state index contributed by atoms with van der Waals surface area (Å²) in [7, 11) is 1.63. The molecule has 1 fully saturated rings. The number of ether oxygens (including phenoxy) is 1. The molecule has 0 bridgehead atoms. The number of likely N-dealkylation sites (tertiary alicyclic amines) is 1. The molecular formula is C27H25F3N4O2. The molecule has 4 aromatic rings. The first kappa shape index (κ1) is 23.7. The first-order chi connectivity index (χ1) is 17.3. The van der Waals surface area contributed by atoms with Crippen molar-refractivity contribution in [1.82, 2.24) is 14.3 Å². The van der Waals surface area contributed by atoms with Gasteiger partial charge in [0.2, 0.25) is 0 Å². The van der Waals surface area contributed by atoms with E-state index < -0.39 is 11.7 Å². The zero-order valence-electron chi connectivity index (χ0n) is 19.6. The fourth-order valence-electron chi connectivity index (χ4n) is 4.65. The summed E-state index contributed by atoms with van der Waals surface area (Å²) in [5, 5.41) is 2.72. The number of fused-ring (bicyclic) bond motifs is 1. The number of urea groups is 1. The molecule has 186 valence electrons. The Kier molecular flexibility index (Phi) is 6.30. The van der Waals surface area contributed by atoms with Crippen LogP contribution in [0.3, 0.4) is 0 Å². The van der Waals surface area contributed by atoms with Gasteiger partial charge in [-0.2, -0.15) is 13.2 Å². The number of carbonyl (C=O) groups excluding carboxylic acids is 1. The Balaban J connectivity index is 1.38. The lowest BCUT2D eigenvalue weighted by Crippen LogP contribution is -2.42. The number of nitrogens with zero attached hydrogens (tertiary/aromatic N) is 3.